The van der Waals surface area contributed by atoms with Gasteiger partial charge in [0.15, 0.2) is 0 Å². The number of primary amides is 1. The Morgan fingerprint density at radius 3 is 2.80 bits per heavy atom. The second kappa shape index (κ2) is 7.61. The van der Waals surface area contributed by atoms with E-state index in [4.69, 9.17) is 11.5 Å². The molecule has 2 amide bonds. The van der Waals surface area contributed by atoms with Crippen LogP contribution in [0.1, 0.15) is 40.4 Å². The predicted octanol–water partition coefficient (Wildman–Crippen LogP) is 2.65. The zero-order valence-electron chi connectivity index (χ0n) is 13.8. The molecule has 5 N–H and O–H groups in total. The van der Waals surface area contributed by atoms with Gasteiger partial charge in [-0.25, -0.2) is 0 Å². The van der Waals surface area contributed by atoms with E-state index in [-0.39, 0.29) is 17.7 Å². The molecule has 6 heteroatoms. The van der Waals surface area contributed by atoms with Crippen molar-refractivity contribution in [3.05, 3.63) is 59.2 Å². The number of fused-ring (bicyclic) bond motifs is 1. The lowest BCUT2D eigenvalue weighted by Gasteiger charge is -2.27. The Hall–Kier alpha value is -2.47. The average molecular weight is 355 g/mol. The molecule has 0 fully saturated rings. The van der Waals surface area contributed by atoms with Crippen LogP contribution in [0.5, 0.6) is 0 Å². The Bertz CT molecular complexity index is 807. The van der Waals surface area contributed by atoms with Gasteiger partial charge >= 0.3 is 0 Å². The number of hydrogen-bond acceptors (Lipinski definition) is 4. The molecule has 2 aromatic carbocycles. The molecule has 0 spiro atoms. The molecule has 0 aliphatic heterocycles. The lowest BCUT2D eigenvalue weighted by atomic mass is 9.87. The van der Waals surface area contributed by atoms with Crippen LogP contribution >= 0.6 is 11.8 Å². The fraction of sp³-hybridized carbons (Fsp3) is 0.263. The van der Waals surface area contributed by atoms with Crippen molar-refractivity contribution in [3.8, 4) is 0 Å². The van der Waals surface area contributed by atoms with Crippen LogP contribution in [0.3, 0.4) is 0 Å². The van der Waals surface area contributed by atoms with Crippen LogP contribution in [0.15, 0.2) is 47.4 Å². The van der Waals surface area contributed by atoms with E-state index in [0.29, 0.717) is 5.56 Å². The SMILES string of the molecule is NC(=O)CSc1ccccc1C(=O)NC1CCCc2cc(N)ccc21. The number of hydrogen-bond donors (Lipinski definition) is 3. The van der Waals surface area contributed by atoms with Crippen LogP contribution in [-0.2, 0) is 11.2 Å². The van der Waals surface area contributed by atoms with Crippen LogP contribution in [0.4, 0.5) is 5.69 Å². The Morgan fingerprint density at radius 1 is 1.20 bits per heavy atom. The van der Waals surface area contributed by atoms with Crippen LogP contribution in [-0.4, -0.2) is 17.6 Å². The van der Waals surface area contributed by atoms with Gasteiger partial charge in [-0.05, 0) is 54.7 Å². The first-order valence-corrected chi connectivity index (χ1v) is 9.22. The minimum Gasteiger partial charge on any atom is -0.399 e. The number of rotatable bonds is 5. The van der Waals surface area contributed by atoms with Crippen molar-refractivity contribution < 1.29 is 9.59 Å². The van der Waals surface area contributed by atoms with Gasteiger partial charge in [-0.1, -0.05) is 18.2 Å². The second-order valence-electron chi connectivity index (χ2n) is 6.13. The van der Waals surface area contributed by atoms with E-state index in [1.165, 1.54) is 17.3 Å². The number of carbonyl (C=O) groups is 2. The monoisotopic (exact) mass is 355 g/mol. The Morgan fingerprint density at radius 2 is 2.00 bits per heavy atom. The fourth-order valence-electron chi connectivity index (χ4n) is 3.15. The van der Waals surface area contributed by atoms with Crippen molar-refractivity contribution >= 4 is 29.3 Å². The quantitative estimate of drug-likeness (QED) is 0.567. The second-order valence-corrected chi connectivity index (χ2v) is 7.14. The molecule has 2 aromatic rings. The van der Waals surface area contributed by atoms with Gasteiger partial charge in [-0.2, -0.15) is 0 Å². The molecule has 1 unspecified atom stereocenters. The summed E-state index contributed by atoms with van der Waals surface area (Å²) in [5.41, 5.74) is 14.7. The van der Waals surface area contributed by atoms with Gasteiger partial charge < -0.3 is 16.8 Å². The molecular formula is C19H21N3O2S. The maximum atomic E-state index is 12.8. The molecule has 1 atom stereocenters. The molecule has 5 nitrogen and oxygen atoms in total. The maximum Gasteiger partial charge on any atom is 0.252 e. The first kappa shape index (κ1) is 17.4. The number of amides is 2. The van der Waals surface area contributed by atoms with Crippen molar-refractivity contribution in [3.63, 3.8) is 0 Å². The van der Waals surface area contributed by atoms with E-state index in [0.717, 1.165) is 35.4 Å². The maximum absolute atomic E-state index is 12.8. The van der Waals surface area contributed by atoms with E-state index >= 15 is 0 Å². The highest BCUT2D eigenvalue weighted by Gasteiger charge is 2.23. The number of nitrogens with two attached hydrogens (primary N) is 2. The number of nitrogens with one attached hydrogen (secondary N) is 1. The van der Waals surface area contributed by atoms with Gasteiger partial charge in [-0.3, -0.25) is 9.59 Å². The molecule has 0 bridgehead atoms. The van der Waals surface area contributed by atoms with E-state index in [1.807, 2.05) is 36.4 Å². The molecule has 130 valence electrons. The highest BCUT2D eigenvalue weighted by atomic mass is 32.2. The standard InChI is InChI=1S/C19H21N3O2S/c20-13-8-9-14-12(10-13)4-3-6-16(14)22-19(24)15-5-1-2-7-17(15)25-11-18(21)23/h1-2,5,7-10,16H,3-4,6,11,20H2,(H2,21,23)(H,22,24). The lowest BCUT2D eigenvalue weighted by molar-refractivity contribution is -0.115. The normalized spacial score (nSPS) is 16.1. The number of aryl methyl sites for hydroxylation is 1. The van der Waals surface area contributed by atoms with E-state index in [1.54, 1.807) is 6.07 Å². The molecule has 0 heterocycles. The van der Waals surface area contributed by atoms with Gasteiger partial charge in [0.1, 0.15) is 0 Å². The number of anilines is 1. The first-order chi connectivity index (χ1) is 12.0. The molecule has 1 aliphatic carbocycles. The number of carbonyl (C=O) groups excluding carboxylic acids is 2. The first-order valence-electron chi connectivity index (χ1n) is 8.24. The van der Waals surface area contributed by atoms with Gasteiger partial charge in [0.25, 0.3) is 5.91 Å². The van der Waals surface area contributed by atoms with Crippen molar-refractivity contribution in [2.24, 2.45) is 5.73 Å². The summed E-state index contributed by atoms with van der Waals surface area (Å²) in [5.74, 6) is -0.392. The third kappa shape index (κ3) is 4.14. The lowest BCUT2D eigenvalue weighted by Crippen LogP contribution is -2.31. The van der Waals surface area contributed by atoms with Gasteiger partial charge in [-0.15, -0.1) is 11.8 Å². The summed E-state index contributed by atoms with van der Waals surface area (Å²) in [4.78, 5) is 24.6. The van der Waals surface area contributed by atoms with E-state index in [9.17, 15) is 9.59 Å². The third-order valence-corrected chi connectivity index (χ3v) is 5.38. The molecule has 0 aromatic heterocycles. The van der Waals surface area contributed by atoms with Crippen molar-refractivity contribution in [2.45, 2.75) is 30.2 Å². The Balaban J connectivity index is 1.79. The minimum absolute atomic E-state index is 0.0222. The number of benzene rings is 2. The van der Waals surface area contributed by atoms with Crippen molar-refractivity contribution in [1.29, 1.82) is 0 Å². The highest BCUT2D eigenvalue weighted by Crippen LogP contribution is 2.32. The van der Waals surface area contributed by atoms with Crippen molar-refractivity contribution in [1.82, 2.24) is 5.32 Å². The summed E-state index contributed by atoms with van der Waals surface area (Å²) < 4.78 is 0. The molecule has 3 rings (SSSR count). The van der Waals surface area contributed by atoms with Crippen LogP contribution in [0.25, 0.3) is 0 Å². The molecule has 1 aliphatic rings. The zero-order chi connectivity index (χ0) is 17.8. The van der Waals surface area contributed by atoms with Gasteiger partial charge in [0, 0.05) is 10.6 Å². The number of nitrogen functional groups attached to an aromatic ring is 1. The molecular weight excluding hydrogens is 334 g/mol. The van der Waals surface area contributed by atoms with Gasteiger partial charge in [0.2, 0.25) is 5.91 Å². The van der Waals surface area contributed by atoms with Crippen LogP contribution in [0.2, 0.25) is 0 Å². The van der Waals surface area contributed by atoms with Crippen LogP contribution in [0, 0.1) is 0 Å². The smallest absolute Gasteiger partial charge is 0.252 e. The largest absolute Gasteiger partial charge is 0.399 e. The third-order valence-electron chi connectivity index (χ3n) is 4.29. The summed E-state index contributed by atoms with van der Waals surface area (Å²) in [5, 5.41) is 3.13. The van der Waals surface area contributed by atoms with Gasteiger partial charge in [0.05, 0.1) is 17.4 Å². The fourth-order valence-corrected chi connectivity index (χ4v) is 3.94. The summed E-state index contributed by atoms with van der Waals surface area (Å²) in [7, 11) is 0. The summed E-state index contributed by atoms with van der Waals surface area (Å²) >= 11 is 1.28. The highest BCUT2D eigenvalue weighted by molar-refractivity contribution is 8.00. The topological polar surface area (TPSA) is 98.2 Å². The van der Waals surface area contributed by atoms with E-state index < -0.39 is 5.91 Å². The van der Waals surface area contributed by atoms with Crippen molar-refractivity contribution in [2.75, 3.05) is 11.5 Å². The minimum atomic E-state index is -0.404. The summed E-state index contributed by atoms with van der Waals surface area (Å²) in [6.07, 6.45) is 2.90. The Kier molecular flexibility index (Phi) is 5.28. The zero-order valence-corrected chi connectivity index (χ0v) is 14.6. The number of thioether (sulfide) groups is 1. The summed E-state index contributed by atoms with van der Waals surface area (Å²) in [6.45, 7) is 0. The molecule has 25 heavy (non-hydrogen) atoms. The molecule has 0 radical (unpaired) electrons. The summed E-state index contributed by atoms with van der Waals surface area (Å²) in [6, 6.07) is 13.1. The average Bonchev–Trinajstić information content (AvgIpc) is 2.60. The predicted molar refractivity (Wildman–Crippen MR) is 100 cm³/mol. The van der Waals surface area contributed by atoms with Crippen LogP contribution < -0.4 is 16.8 Å². The molecule has 0 saturated carbocycles. The van der Waals surface area contributed by atoms with E-state index in [2.05, 4.69) is 5.32 Å². The Labute approximate surface area is 151 Å². The molecule has 0 saturated heterocycles.